The minimum atomic E-state index is 0.206. The van der Waals surface area contributed by atoms with Gasteiger partial charge in [-0.1, -0.05) is 12.1 Å². The average Bonchev–Trinajstić information content (AvgIpc) is 2.92. The van der Waals surface area contributed by atoms with E-state index >= 15 is 0 Å². The Hall–Kier alpha value is -1.10. The fourth-order valence-electron chi connectivity index (χ4n) is 2.66. The molecule has 1 saturated heterocycles. The first-order valence-electron chi connectivity index (χ1n) is 7.54. The predicted molar refractivity (Wildman–Crippen MR) is 81.2 cm³/mol. The van der Waals surface area contributed by atoms with Crippen LogP contribution in [-0.2, 0) is 0 Å². The van der Waals surface area contributed by atoms with E-state index in [4.69, 9.17) is 9.84 Å². The van der Waals surface area contributed by atoms with Crippen LogP contribution in [0.25, 0.3) is 0 Å². The van der Waals surface area contributed by atoms with Crippen LogP contribution >= 0.6 is 0 Å². The lowest BCUT2D eigenvalue weighted by atomic mass is 10.2. The second-order valence-corrected chi connectivity index (χ2v) is 5.48. The molecular formula is C16H26N2O2. The Morgan fingerprint density at radius 1 is 1.40 bits per heavy atom. The number of aryl methyl sites for hydroxylation is 1. The summed E-state index contributed by atoms with van der Waals surface area (Å²) in [5.74, 6) is 0.924. The molecule has 1 aromatic rings. The van der Waals surface area contributed by atoms with Gasteiger partial charge in [0, 0.05) is 25.7 Å². The van der Waals surface area contributed by atoms with Crippen molar-refractivity contribution in [2.45, 2.75) is 25.8 Å². The van der Waals surface area contributed by atoms with Crippen LogP contribution in [0.4, 0.5) is 0 Å². The Balaban J connectivity index is 1.73. The van der Waals surface area contributed by atoms with E-state index in [1.54, 1.807) is 0 Å². The zero-order valence-electron chi connectivity index (χ0n) is 12.3. The van der Waals surface area contributed by atoms with Crippen molar-refractivity contribution in [1.29, 1.82) is 0 Å². The minimum Gasteiger partial charge on any atom is -0.492 e. The van der Waals surface area contributed by atoms with Gasteiger partial charge < -0.3 is 15.2 Å². The predicted octanol–water partition coefficient (Wildman–Crippen LogP) is 1.42. The number of hydrogen-bond acceptors (Lipinski definition) is 4. The smallest absolute Gasteiger partial charge is 0.119 e. The maximum atomic E-state index is 9.16. The van der Waals surface area contributed by atoms with Crippen molar-refractivity contribution in [1.82, 2.24) is 10.2 Å². The van der Waals surface area contributed by atoms with Crippen LogP contribution in [0.5, 0.6) is 5.75 Å². The zero-order chi connectivity index (χ0) is 14.2. The number of rotatable bonds is 8. The molecule has 4 nitrogen and oxygen atoms in total. The summed E-state index contributed by atoms with van der Waals surface area (Å²) in [4.78, 5) is 2.28. The van der Waals surface area contributed by atoms with Gasteiger partial charge in [-0.2, -0.15) is 0 Å². The first-order chi connectivity index (χ1) is 9.78. The molecule has 1 heterocycles. The summed E-state index contributed by atoms with van der Waals surface area (Å²) in [6, 6.07) is 8.69. The highest BCUT2D eigenvalue weighted by Gasteiger charge is 2.17. The molecule has 0 bridgehead atoms. The molecule has 20 heavy (non-hydrogen) atoms. The van der Waals surface area contributed by atoms with E-state index in [2.05, 4.69) is 29.3 Å². The lowest BCUT2D eigenvalue weighted by molar-refractivity contribution is 0.159. The van der Waals surface area contributed by atoms with Gasteiger partial charge in [0.2, 0.25) is 0 Å². The summed E-state index contributed by atoms with van der Waals surface area (Å²) >= 11 is 0. The number of aliphatic hydroxyl groups excluding tert-OH is 1. The second kappa shape index (κ2) is 8.25. The van der Waals surface area contributed by atoms with Crippen LogP contribution in [0.3, 0.4) is 0 Å². The number of nitrogens with one attached hydrogen (secondary N) is 1. The van der Waals surface area contributed by atoms with Gasteiger partial charge >= 0.3 is 0 Å². The molecule has 1 unspecified atom stereocenters. The lowest BCUT2D eigenvalue weighted by Crippen LogP contribution is -2.40. The van der Waals surface area contributed by atoms with Crippen LogP contribution in [0.2, 0.25) is 0 Å². The van der Waals surface area contributed by atoms with Crippen LogP contribution in [-0.4, -0.2) is 55.4 Å². The van der Waals surface area contributed by atoms with Crippen molar-refractivity contribution in [3.8, 4) is 5.75 Å². The third-order valence-corrected chi connectivity index (χ3v) is 3.72. The lowest BCUT2D eigenvalue weighted by Gasteiger charge is -2.24. The molecular weight excluding hydrogens is 252 g/mol. The molecule has 2 N–H and O–H groups in total. The molecule has 1 aliphatic rings. The molecule has 0 saturated carbocycles. The van der Waals surface area contributed by atoms with Crippen molar-refractivity contribution in [3.05, 3.63) is 29.8 Å². The van der Waals surface area contributed by atoms with Gasteiger partial charge in [-0.25, -0.2) is 0 Å². The number of ether oxygens (including phenoxy) is 1. The van der Waals surface area contributed by atoms with E-state index in [1.807, 2.05) is 12.1 Å². The largest absolute Gasteiger partial charge is 0.492 e. The molecule has 1 aromatic carbocycles. The molecule has 0 spiro atoms. The van der Waals surface area contributed by atoms with E-state index in [1.165, 1.54) is 18.4 Å². The summed E-state index contributed by atoms with van der Waals surface area (Å²) in [5, 5.41) is 12.7. The topological polar surface area (TPSA) is 44.7 Å². The van der Waals surface area contributed by atoms with Gasteiger partial charge in [-0.15, -0.1) is 0 Å². The van der Waals surface area contributed by atoms with E-state index in [9.17, 15) is 0 Å². The van der Waals surface area contributed by atoms with Gasteiger partial charge in [0.05, 0.1) is 6.61 Å². The van der Waals surface area contributed by atoms with E-state index in [-0.39, 0.29) is 6.61 Å². The van der Waals surface area contributed by atoms with E-state index < -0.39 is 0 Å². The Morgan fingerprint density at radius 2 is 2.30 bits per heavy atom. The maximum Gasteiger partial charge on any atom is 0.119 e. The normalized spacial score (nSPS) is 18.6. The Labute approximate surface area is 121 Å². The van der Waals surface area contributed by atoms with Crippen molar-refractivity contribution in [2.24, 2.45) is 0 Å². The van der Waals surface area contributed by atoms with Crippen molar-refractivity contribution in [2.75, 3.05) is 39.4 Å². The molecule has 0 radical (unpaired) electrons. The van der Waals surface area contributed by atoms with Crippen molar-refractivity contribution < 1.29 is 9.84 Å². The molecule has 0 amide bonds. The Bertz CT molecular complexity index is 392. The summed E-state index contributed by atoms with van der Waals surface area (Å²) in [7, 11) is 0. The third-order valence-electron chi connectivity index (χ3n) is 3.72. The molecule has 0 aromatic heterocycles. The summed E-state index contributed by atoms with van der Waals surface area (Å²) in [6.07, 6.45) is 2.50. The molecule has 1 fully saturated rings. The van der Waals surface area contributed by atoms with Crippen molar-refractivity contribution >= 4 is 0 Å². The van der Waals surface area contributed by atoms with Gasteiger partial charge in [-0.3, -0.25) is 4.90 Å². The van der Waals surface area contributed by atoms with Crippen LogP contribution in [0.15, 0.2) is 24.3 Å². The molecule has 2 rings (SSSR count). The van der Waals surface area contributed by atoms with Crippen LogP contribution < -0.4 is 10.1 Å². The van der Waals surface area contributed by atoms with Crippen LogP contribution in [0, 0.1) is 6.92 Å². The van der Waals surface area contributed by atoms with Crippen molar-refractivity contribution in [3.63, 3.8) is 0 Å². The number of nitrogens with zero attached hydrogens (tertiary/aromatic N) is 1. The Kier molecular flexibility index (Phi) is 6.30. The number of benzene rings is 1. The van der Waals surface area contributed by atoms with Crippen LogP contribution in [0.1, 0.15) is 18.4 Å². The number of hydrogen-bond donors (Lipinski definition) is 2. The highest BCUT2D eigenvalue weighted by Crippen LogP contribution is 2.12. The van der Waals surface area contributed by atoms with Gasteiger partial charge in [-0.05, 0) is 44.0 Å². The molecule has 112 valence electrons. The minimum absolute atomic E-state index is 0.206. The highest BCUT2D eigenvalue weighted by molar-refractivity contribution is 5.27. The zero-order valence-corrected chi connectivity index (χ0v) is 12.3. The monoisotopic (exact) mass is 278 g/mol. The van der Waals surface area contributed by atoms with E-state index in [0.29, 0.717) is 12.6 Å². The van der Waals surface area contributed by atoms with Gasteiger partial charge in [0.25, 0.3) is 0 Å². The molecule has 4 heteroatoms. The first kappa shape index (κ1) is 15.3. The quantitative estimate of drug-likeness (QED) is 0.755. The molecule has 1 atom stereocenters. The third kappa shape index (κ3) is 5.12. The highest BCUT2D eigenvalue weighted by atomic mass is 16.5. The van der Waals surface area contributed by atoms with Gasteiger partial charge in [0.1, 0.15) is 12.4 Å². The average molecular weight is 278 g/mol. The Morgan fingerprint density at radius 3 is 3.00 bits per heavy atom. The maximum absolute atomic E-state index is 9.16. The molecule has 0 aliphatic carbocycles. The standard InChI is InChI=1S/C16H26N2O2/c1-14-4-2-6-16(12-14)20-11-9-18(8-10-19)13-15-5-3-7-17-15/h2,4,6,12,15,17,19H,3,5,7-11,13H2,1H3. The SMILES string of the molecule is Cc1cccc(OCCN(CCO)CC2CCCN2)c1. The number of aliphatic hydroxyl groups is 1. The fraction of sp³-hybridized carbons (Fsp3) is 0.625. The first-order valence-corrected chi connectivity index (χ1v) is 7.54. The molecule has 1 aliphatic heterocycles. The van der Waals surface area contributed by atoms with Gasteiger partial charge in [0.15, 0.2) is 0 Å². The fourth-order valence-corrected chi connectivity index (χ4v) is 2.66. The summed E-state index contributed by atoms with van der Waals surface area (Å²) in [5.41, 5.74) is 1.21. The summed E-state index contributed by atoms with van der Waals surface area (Å²) in [6.45, 7) is 6.63. The second-order valence-electron chi connectivity index (χ2n) is 5.48. The summed E-state index contributed by atoms with van der Waals surface area (Å²) < 4.78 is 5.78. The van der Waals surface area contributed by atoms with E-state index in [0.717, 1.165) is 31.9 Å².